The highest BCUT2D eigenvalue weighted by Gasteiger charge is 2.25. The summed E-state index contributed by atoms with van der Waals surface area (Å²) >= 11 is 11.8. The molecule has 2 aromatic rings. The Hall–Kier alpha value is -2.00. The number of nitrogens with one attached hydrogen (secondary N) is 1. The van der Waals surface area contributed by atoms with Gasteiger partial charge in [-0.05, 0) is 43.2 Å². The van der Waals surface area contributed by atoms with Crippen LogP contribution >= 0.6 is 23.2 Å². The number of rotatable bonds is 9. The van der Waals surface area contributed by atoms with E-state index in [0.717, 1.165) is 0 Å². The van der Waals surface area contributed by atoms with Gasteiger partial charge in [0, 0.05) is 18.7 Å². The monoisotopic (exact) mass is 488 g/mol. The molecule has 0 saturated heterocycles. The van der Waals surface area contributed by atoms with E-state index < -0.39 is 15.9 Å². The van der Waals surface area contributed by atoms with Gasteiger partial charge in [-0.2, -0.15) is 4.31 Å². The minimum absolute atomic E-state index is 0.0635. The molecule has 0 aliphatic heterocycles. The molecule has 2 rings (SSSR count). The van der Waals surface area contributed by atoms with Gasteiger partial charge in [-0.3, -0.25) is 4.79 Å². The Morgan fingerprint density at radius 3 is 2.13 bits per heavy atom. The topological polar surface area (TPSA) is 95.9 Å². The van der Waals surface area contributed by atoms with Crippen molar-refractivity contribution in [3.8, 4) is 11.5 Å². The van der Waals surface area contributed by atoms with Gasteiger partial charge in [0.15, 0.2) is 5.75 Å². The second-order valence-corrected chi connectivity index (χ2v) is 9.33. The van der Waals surface area contributed by atoms with Crippen molar-refractivity contribution in [2.24, 2.45) is 0 Å². The summed E-state index contributed by atoms with van der Waals surface area (Å²) in [6.07, 6.45) is 0.497. The van der Waals surface area contributed by atoms with Crippen molar-refractivity contribution >= 4 is 44.8 Å². The van der Waals surface area contributed by atoms with Crippen LogP contribution in [0.5, 0.6) is 11.5 Å². The average Bonchev–Trinajstić information content (AvgIpc) is 2.73. The summed E-state index contributed by atoms with van der Waals surface area (Å²) in [6.45, 7) is 8.16. The summed E-state index contributed by atoms with van der Waals surface area (Å²) in [5.41, 5.74) is 0.967. The van der Waals surface area contributed by atoms with E-state index in [1.807, 2.05) is 6.92 Å². The maximum atomic E-state index is 13.1. The van der Waals surface area contributed by atoms with Crippen LogP contribution in [0.15, 0.2) is 29.2 Å². The smallest absolute Gasteiger partial charge is 0.255 e. The molecule has 1 amide bonds. The number of sulfonamides is 1. The number of phenols is 1. The third-order valence-electron chi connectivity index (χ3n) is 4.68. The number of amides is 1. The van der Waals surface area contributed by atoms with Gasteiger partial charge in [0.2, 0.25) is 10.0 Å². The van der Waals surface area contributed by atoms with Crippen LogP contribution in [0.4, 0.5) is 5.69 Å². The lowest BCUT2D eigenvalue weighted by atomic mass is 10.1. The highest BCUT2D eigenvalue weighted by Crippen LogP contribution is 2.36. The van der Waals surface area contributed by atoms with E-state index in [0.29, 0.717) is 37.4 Å². The van der Waals surface area contributed by atoms with Crippen molar-refractivity contribution in [2.75, 3.05) is 25.0 Å². The molecule has 0 aromatic heterocycles. The number of ether oxygens (including phenoxy) is 1. The van der Waals surface area contributed by atoms with Crippen molar-refractivity contribution in [2.45, 2.75) is 39.0 Å². The van der Waals surface area contributed by atoms with Gasteiger partial charge in [-0.1, -0.05) is 44.0 Å². The first kappa shape index (κ1) is 25.3. The predicted molar refractivity (Wildman–Crippen MR) is 123 cm³/mol. The third kappa shape index (κ3) is 5.44. The molecule has 170 valence electrons. The lowest BCUT2D eigenvalue weighted by molar-refractivity contribution is 0.102. The van der Waals surface area contributed by atoms with Crippen molar-refractivity contribution in [1.29, 1.82) is 0 Å². The van der Waals surface area contributed by atoms with Crippen molar-refractivity contribution < 1.29 is 23.1 Å². The number of halogens is 2. The van der Waals surface area contributed by atoms with Crippen LogP contribution in [0, 0.1) is 0 Å². The molecule has 0 aliphatic rings. The number of aryl methyl sites for hydroxylation is 1. The van der Waals surface area contributed by atoms with E-state index in [2.05, 4.69) is 5.32 Å². The third-order valence-corrected chi connectivity index (χ3v) is 7.28. The van der Waals surface area contributed by atoms with Gasteiger partial charge in [0.25, 0.3) is 5.91 Å². The molecule has 2 N–H and O–H groups in total. The largest absolute Gasteiger partial charge is 0.505 e. The van der Waals surface area contributed by atoms with Crippen LogP contribution in [0.25, 0.3) is 0 Å². The van der Waals surface area contributed by atoms with Crippen LogP contribution in [0.3, 0.4) is 0 Å². The van der Waals surface area contributed by atoms with Gasteiger partial charge in [0.1, 0.15) is 5.75 Å². The molecule has 31 heavy (non-hydrogen) atoms. The number of carbonyl (C=O) groups excluding carboxylic acids is 1. The molecule has 2 aromatic carbocycles. The number of hydrogen-bond donors (Lipinski definition) is 2. The molecule has 0 saturated carbocycles. The molecule has 0 aliphatic carbocycles. The Morgan fingerprint density at radius 1 is 1.06 bits per heavy atom. The number of carbonyl (C=O) groups is 1. The SMILES string of the molecule is CCOc1c(CC)cc(S(=O)(=O)N(CC)CC)cc1NC(=O)c1cc(Cl)c(O)c(Cl)c1. The van der Waals surface area contributed by atoms with Gasteiger partial charge in [-0.15, -0.1) is 0 Å². The molecule has 0 atom stereocenters. The first-order valence-corrected chi connectivity index (χ1v) is 12.1. The summed E-state index contributed by atoms with van der Waals surface area (Å²) in [7, 11) is -3.76. The zero-order valence-corrected chi connectivity index (χ0v) is 20.2. The molecular formula is C21H26Cl2N2O5S. The average molecular weight is 489 g/mol. The number of anilines is 1. The Balaban J connectivity index is 2.60. The lowest BCUT2D eigenvalue weighted by Gasteiger charge is -2.22. The first-order valence-electron chi connectivity index (χ1n) is 9.89. The Bertz CT molecular complexity index is 1050. The molecule has 0 bridgehead atoms. The van der Waals surface area contributed by atoms with E-state index in [-0.39, 0.29) is 31.9 Å². The van der Waals surface area contributed by atoms with Gasteiger partial charge < -0.3 is 15.2 Å². The number of nitrogens with zero attached hydrogens (tertiary/aromatic N) is 1. The van der Waals surface area contributed by atoms with Crippen LogP contribution in [0.2, 0.25) is 10.0 Å². The minimum atomic E-state index is -3.76. The molecule has 7 nitrogen and oxygen atoms in total. The standard InChI is InChI=1S/C21H26Cl2N2O5S/c1-5-13-9-15(31(28,29)25(6-2)7-3)12-18(20(13)30-8-4)24-21(27)14-10-16(22)19(26)17(23)11-14/h9-12,26H,5-8H2,1-4H3,(H,24,27). The molecular weight excluding hydrogens is 463 g/mol. The van der Waals surface area contributed by atoms with E-state index >= 15 is 0 Å². The summed E-state index contributed by atoms with van der Waals surface area (Å²) in [5, 5.41) is 12.3. The van der Waals surface area contributed by atoms with Gasteiger partial charge in [-0.25, -0.2) is 8.42 Å². The number of aromatic hydroxyl groups is 1. The molecule has 0 unspecified atom stereocenters. The maximum absolute atomic E-state index is 13.1. The highest BCUT2D eigenvalue weighted by atomic mass is 35.5. The fraction of sp³-hybridized carbons (Fsp3) is 0.381. The maximum Gasteiger partial charge on any atom is 0.255 e. The molecule has 10 heteroatoms. The zero-order chi connectivity index (χ0) is 23.3. The number of phenolic OH excluding ortho intramolecular Hbond substituents is 1. The van der Waals surface area contributed by atoms with Crippen LogP contribution in [0.1, 0.15) is 43.6 Å². The fourth-order valence-corrected chi connectivity index (χ4v) is 5.11. The lowest BCUT2D eigenvalue weighted by Crippen LogP contribution is -2.30. The second kappa shape index (κ2) is 10.5. The quantitative estimate of drug-likeness (QED) is 0.520. The predicted octanol–water partition coefficient (Wildman–Crippen LogP) is 4.94. The minimum Gasteiger partial charge on any atom is -0.505 e. The fourth-order valence-electron chi connectivity index (χ4n) is 3.08. The van der Waals surface area contributed by atoms with E-state index in [9.17, 15) is 18.3 Å². The Kier molecular flexibility index (Phi) is 8.59. The molecule has 0 fully saturated rings. The van der Waals surface area contributed by atoms with E-state index in [1.54, 1.807) is 26.8 Å². The van der Waals surface area contributed by atoms with Crippen LogP contribution < -0.4 is 10.1 Å². The summed E-state index contributed by atoms with van der Waals surface area (Å²) in [5.74, 6) is -0.507. The number of hydrogen-bond acceptors (Lipinski definition) is 5. The number of benzene rings is 2. The molecule has 0 radical (unpaired) electrons. The molecule has 0 heterocycles. The van der Waals surface area contributed by atoms with Crippen molar-refractivity contribution in [3.05, 3.63) is 45.4 Å². The molecule has 0 spiro atoms. The van der Waals surface area contributed by atoms with E-state index in [1.165, 1.54) is 22.5 Å². The zero-order valence-electron chi connectivity index (χ0n) is 17.8. The first-order chi connectivity index (χ1) is 14.6. The van der Waals surface area contributed by atoms with Crippen molar-refractivity contribution in [3.63, 3.8) is 0 Å². The Morgan fingerprint density at radius 2 is 1.65 bits per heavy atom. The summed E-state index contributed by atoms with van der Waals surface area (Å²) in [6, 6.07) is 5.51. The van der Waals surface area contributed by atoms with Crippen molar-refractivity contribution in [1.82, 2.24) is 4.31 Å². The van der Waals surface area contributed by atoms with Crippen LogP contribution in [-0.2, 0) is 16.4 Å². The van der Waals surface area contributed by atoms with E-state index in [4.69, 9.17) is 27.9 Å². The van der Waals surface area contributed by atoms with Gasteiger partial charge in [0.05, 0.1) is 27.2 Å². The van der Waals surface area contributed by atoms with Gasteiger partial charge >= 0.3 is 0 Å². The second-order valence-electron chi connectivity index (χ2n) is 6.58. The summed E-state index contributed by atoms with van der Waals surface area (Å²) < 4.78 is 33.2. The highest BCUT2D eigenvalue weighted by molar-refractivity contribution is 7.89. The Labute approximate surface area is 193 Å². The normalized spacial score (nSPS) is 11.6. The van der Waals surface area contributed by atoms with Crippen LogP contribution in [-0.4, -0.2) is 43.4 Å². The summed E-state index contributed by atoms with van der Waals surface area (Å²) in [4.78, 5) is 12.9.